The van der Waals surface area contributed by atoms with Crippen LogP contribution in [0, 0.1) is 0 Å². The molecule has 3 heterocycles. The van der Waals surface area contributed by atoms with E-state index >= 15 is 0 Å². The van der Waals surface area contributed by atoms with Crippen LogP contribution >= 0.6 is 11.8 Å². The van der Waals surface area contributed by atoms with Crippen LogP contribution in [0.25, 0.3) is 17.1 Å². The number of rotatable bonds is 8. The third-order valence-electron chi connectivity index (χ3n) is 5.06. The van der Waals surface area contributed by atoms with E-state index in [0.29, 0.717) is 23.3 Å². The van der Waals surface area contributed by atoms with E-state index in [1.807, 2.05) is 77.4 Å². The fourth-order valence-corrected chi connectivity index (χ4v) is 4.24. The van der Waals surface area contributed by atoms with Gasteiger partial charge in [0, 0.05) is 29.7 Å². The number of para-hydroxylation sites is 1. The second kappa shape index (κ2) is 10.1. The van der Waals surface area contributed by atoms with Crippen molar-refractivity contribution in [2.24, 2.45) is 0 Å². The molecule has 0 unspecified atom stereocenters. The Bertz CT molecular complexity index is 1370. The standard InChI is InChI=1S/C25H21N7OS/c33-23(28-22-13-15-27-31(22)17-19-8-3-1-4-9-19)18-34-25-30-29-24(20-10-7-14-26-16-20)32(25)21-11-5-2-6-12-21/h1-16H,17-18H2,(H,28,33). The molecule has 34 heavy (non-hydrogen) atoms. The zero-order valence-electron chi connectivity index (χ0n) is 18.2. The zero-order valence-corrected chi connectivity index (χ0v) is 19.0. The number of pyridine rings is 1. The first kappa shape index (κ1) is 21.6. The van der Waals surface area contributed by atoms with Gasteiger partial charge in [-0.2, -0.15) is 5.10 Å². The van der Waals surface area contributed by atoms with Crippen molar-refractivity contribution in [1.82, 2.24) is 29.5 Å². The van der Waals surface area contributed by atoms with Crippen molar-refractivity contribution in [3.63, 3.8) is 0 Å². The zero-order chi connectivity index (χ0) is 23.2. The number of carbonyl (C=O) groups is 1. The Morgan fingerprint density at radius 3 is 2.44 bits per heavy atom. The molecule has 0 saturated heterocycles. The fourth-order valence-electron chi connectivity index (χ4n) is 3.49. The first-order valence-electron chi connectivity index (χ1n) is 10.7. The van der Waals surface area contributed by atoms with Crippen LogP contribution in [0.3, 0.4) is 0 Å². The van der Waals surface area contributed by atoms with Crippen molar-refractivity contribution in [3.8, 4) is 17.1 Å². The average molecular weight is 468 g/mol. The fraction of sp³-hybridized carbons (Fsp3) is 0.0800. The van der Waals surface area contributed by atoms with Crippen LogP contribution in [0.15, 0.2) is 103 Å². The molecule has 0 saturated carbocycles. The van der Waals surface area contributed by atoms with Gasteiger partial charge >= 0.3 is 0 Å². The highest BCUT2D eigenvalue weighted by atomic mass is 32.2. The molecule has 0 aliphatic rings. The number of nitrogens with one attached hydrogen (secondary N) is 1. The van der Waals surface area contributed by atoms with Crippen LogP contribution in [0.4, 0.5) is 5.82 Å². The monoisotopic (exact) mass is 467 g/mol. The average Bonchev–Trinajstić information content (AvgIpc) is 3.51. The number of carbonyl (C=O) groups excluding carboxylic acids is 1. The summed E-state index contributed by atoms with van der Waals surface area (Å²) in [6.07, 6.45) is 5.14. The second-order valence-electron chi connectivity index (χ2n) is 7.42. The summed E-state index contributed by atoms with van der Waals surface area (Å²) < 4.78 is 3.71. The Morgan fingerprint density at radius 2 is 1.68 bits per heavy atom. The molecule has 0 atom stereocenters. The largest absolute Gasteiger partial charge is 0.310 e. The molecule has 1 amide bonds. The summed E-state index contributed by atoms with van der Waals surface area (Å²) in [6.45, 7) is 0.577. The van der Waals surface area contributed by atoms with Crippen LogP contribution in [0.1, 0.15) is 5.56 Å². The summed E-state index contributed by atoms with van der Waals surface area (Å²) in [5.41, 5.74) is 2.87. The molecule has 1 N–H and O–H groups in total. The molecule has 9 heteroatoms. The quantitative estimate of drug-likeness (QED) is 0.342. The van der Waals surface area contributed by atoms with Crippen molar-refractivity contribution < 1.29 is 4.79 Å². The number of aromatic nitrogens is 6. The normalized spacial score (nSPS) is 10.8. The smallest absolute Gasteiger partial charge is 0.235 e. The maximum Gasteiger partial charge on any atom is 0.235 e. The second-order valence-corrected chi connectivity index (χ2v) is 8.36. The number of hydrogen-bond acceptors (Lipinski definition) is 6. The molecule has 0 spiro atoms. The first-order valence-corrected chi connectivity index (χ1v) is 11.7. The molecule has 168 valence electrons. The van der Waals surface area contributed by atoms with E-state index in [0.717, 1.165) is 16.8 Å². The minimum absolute atomic E-state index is 0.148. The topological polar surface area (TPSA) is 90.5 Å². The van der Waals surface area contributed by atoms with Crippen molar-refractivity contribution >= 4 is 23.5 Å². The SMILES string of the molecule is O=C(CSc1nnc(-c2cccnc2)n1-c1ccccc1)Nc1ccnn1Cc1ccccc1. The number of nitrogens with zero attached hydrogens (tertiary/aromatic N) is 6. The van der Waals surface area contributed by atoms with Crippen molar-refractivity contribution in [2.75, 3.05) is 11.1 Å². The molecule has 0 aliphatic heterocycles. The van der Waals surface area contributed by atoms with Gasteiger partial charge in [0.15, 0.2) is 11.0 Å². The molecule has 0 aliphatic carbocycles. The van der Waals surface area contributed by atoms with Gasteiger partial charge in [-0.15, -0.1) is 10.2 Å². The first-order chi connectivity index (χ1) is 16.8. The molecule has 5 rings (SSSR count). The lowest BCUT2D eigenvalue weighted by Crippen LogP contribution is -2.18. The number of thioether (sulfide) groups is 1. The Hall–Kier alpha value is -4.24. The third kappa shape index (κ3) is 4.89. The van der Waals surface area contributed by atoms with E-state index in [9.17, 15) is 4.79 Å². The molecular formula is C25H21N7OS. The molecule has 3 aromatic heterocycles. The van der Waals surface area contributed by atoms with Gasteiger partial charge in [0.25, 0.3) is 0 Å². The summed E-state index contributed by atoms with van der Waals surface area (Å²) in [4.78, 5) is 17.0. The number of amides is 1. The summed E-state index contributed by atoms with van der Waals surface area (Å²) >= 11 is 1.32. The van der Waals surface area contributed by atoms with E-state index in [1.165, 1.54) is 11.8 Å². The van der Waals surface area contributed by atoms with E-state index in [1.54, 1.807) is 29.3 Å². The number of benzene rings is 2. The number of hydrogen-bond donors (Lipinski definition) is 1. The summed E-state index contributed by atoms with van der Waals surface area (Å²) in [5.74, 6) is 1.35. The Balaban J connectivity index is 1.32. The maximum absolute atomic E-state index is 12.8. The van der Waals surface area contributed by atoms with Gasteiger partial charge in [-0.05, 0) is 29.8 Å². The lowest BCUT2D eigenvalue weighted by atomic mass is 10.2. The van der Waals surface area contributed by atoms with Crippen LogP contribution in [0.2, 0.25) is 0 Å². The van der Waals surface area contributed by atoms with Crippen LogP contribution in [-0.2, 0) is 11.3 Å². The molecule has 0 bridgehead atoms. The third-order valence-corrected chi connectivity index (χ3v) is 5.99. The van der Waals surface area contributed by atoms with Gasteiger partial charge in [-0.3, -0.25) is 14.3 Å². The lowest BCUT2D eigenvalue weighted by molar-refractivity contribution is -0.113. The van der Waals surface area contributed by atoms with E-state index in [-0.39, 0.29) is 11.7 Å². The van der Waals surface area contributed by atoms with Crippen molar-refractivity contribution in [1.29, 1.82) is 0 Å². The minimum Gasteiger partial charge on any atom is -0.310 e. The Kier molecular flexibility index (Phi) is 6.44. The van der Waals surface area contributed by atoms with Gasteiger partial charge in [0.2, 0.25) is 5.91 Å². The minimum atomic E-state index is -0.148. The highest BCUT2D eigenvalue weighted by Crippen LogP contribution is 2.27. The van der Waals surface area contributed by atoms with Crippen LogP contribution < -0.4 is 5.32 Å². The lowest BCUT2D eigenvalue weighted by Gasteiger charge is -2.11. The van der Waals surface area contributed by atoms with Crippen molar-refractivity contribution in [3.05, 3.63) is 103 Å². The Labute approximate surface area is 200 Å². The van der Waals surface area contributed by atoms with Gasteiger partial charge in [0.1, 0.15) is 5.82 Å². The van der Waals surface area contributed by atoms with Gasteiger partial charge in [0.05, 0.1) is 18.5 Å². The Morgan fingerprint density at radius 1 is 0.882 bits per heavy atom. The van der Waals surface area contributed by atoms with E-state index in [4.69, 9.17) is 0 Å². The summed E-state index contributed by atoms with van der Waals surface area (Å²) in [6, 6.07) is 25.4. The molecule has 0 radical (unpaired) electrons. The maximum atomic E-state index is 12.8. The molecular weight excluding hydrogens is 446 g/mol. The highest BCUT2D eigenvalue weighted by Gasteiger charge is 2.18. The molecule has 8 nitrogen and oxygen atoms in total. The van der Waals surface area contributed by atoms with E-state index < -0.39 is 0 Å². The van der Waals surface area contributed by atoms with Gasteiger partial charge in [-0.25, -0.2) is 4.68 Å². The predicted octanol–water partition coefficient (Wildman–Crippen LogP) is 4.30. The van der Waals surface area contributed by atoms with Gasteiger partial charge in [-0.1, -0.05) is 60.3 Å². The van der Waals surface area contributed by atoms with Crippen LogP contribution in [0.5, 0.6) is 0 Å². The molecule has 5 aromatic rings. The molecule has 2 aromatic carbocycles. The van der Waals surface area contributed by atoms with E-state index in [2.05, 4.69) is 25.6 Å². The van der Waals surface area contributed by atoms with Gasteiger partial charge < -0.3 is 5.32 Å². The summed E-state index contributed by atoms with van der Waals surface area (Å²) in [5, 5.41) is 16.7. The predicted molar refractivity (Wildman–Crippen MR) is 132 cm³/mol. The summed E-state index contributed by atoms with van der Waals surface area (Å²) in [7, 11) is 0. The highest BCUT2D eigenvalue weighted by molar-refractivity contribution is 7.99. The van der Waals surface area contributed by atoms with Crippen LogP contribution in [-0.4, -0.2) is 41.2 Å². The molecule has 0 fully saturated rings. The van der Waals surface area contributed by atoms with Crippen molar-refractivity contribution in [2.45, 2.75) is 11.7 Å². The number of anilines is 1.